The Morgan fingerprint density at radius 3 is 0.662 bits per heavy atom. The van der Waals surface area contributed by atoms with Gasteiger partial charge in [-0.1, -0.05) is 6.58 Å². The molecule has 0 N–H and O–H groups in total. The molecule has 6 heterocycles. The van der Waals surface area contributed by atoms with E-state index < -0.39 is 145 Å². The molecule has 0 aromatic carbocycles. The fraction of sp³-hybridized carbons (Fsp3) is 0.897. The molecule has 432 valence electrons. The summed E-state index contributed by atoms with van der Waals surface area (Å²) in [5, 5.41) is 0. The minimum atomic E-state index is -5.50. The third-order valence-electron chi connectivity index (χ3n) is 9.80. The van der Waals surface area contributed by atoms with Crippen molar-refractivity contribution in [1.29, 1.82) is 0 Å². The van der Waals surface area contributed by atoms with Gasteiger partial charge in [0.2, 0.25) is 0 Å². The van der Waals surface area contributed by atoms with Crippen LogP contribution in [0.5, 0.6) is 0 Å². The molecule has 6 fully saturated rings. The van der Waals surface area contributed by atoms with Crippen molar-refractivity contribution in [1.82, 2.24) is 0 Å². The molecule has 0 aromatic rings. The van der Waals surface area contributed by atoms with Gasteiger partial charge in [-0.2, -0.15) is 0 Å². The maximum atomic E-state index is 12.2. The monoisotopic (exact) mass is 1460 g/mol. The predicted octanol–water partition coefficient (Wildman–Crippen LogP) is 8.08. The molecule has 0 unspecified atom stereocenters. The van der Waals surface area contributed by atoms with Crippen molar-refractivity contribution in [2.75, 3.05) is 45.1 Å². The van der Waals surface area contributed by atoms with E-state index in [0.29, 0.717) is 6.42 Å². The molecule has 6 aliphatic heterocycles. The average molecular weight is 1470 g/mol. The first kappa shape index (κ1) is 68.7. The zero-order chi connectivity index (χ0) is 56.2. The van der Waals surface area contributed by atoms with Gasteiger partial charge in [-0.15, -0.1) is 81.2 Å². The van der Waals surface area contributed by atoms with Crippen LogP contribution in [0.2, 0.25) is 111 Å². The summed E-state index contributed by atoms with van der Waals surface area (Å²) in [6, 6.07) is 0.284. The van der Waals surface area contributed by atoms with Crippen molar-refractivity contribution in [2.45, 2.75) is 117 Å². The van der Waals surface area contributed by atoms with Crippen LogP contribution in [0, 0.1) is 0 Å². The molecular weight excluding hydrogens is 1400 g/mol. The number of ether oxygens (including phenoxy) is 1. The average Bonchev–Trinajstić information content (AvgIpc) is 3.20. The Labute approximate surface area is 488 Å². The lowest BCUT2D eigenvalue weighted by Gasteiger charge is -2.61. The molecule has 22 nitrogen and oxygen atoms in total. The van der Waals surface area contributed by atoms with E-state index in [1.807, 2.05) is 13.1 Å². The Morgan fingerprint density at radius 2 is 0.514 bits per heavy atom. The van der Waals surface area contributed by atoms with Gasteiger partial charge in [0, 0.05) is 44.6 Å². The van der Waals surface area contributed by atoms with Gasteiger partial charge in [0.25, 0.3) is 0 Å². The fourth-order valence-corrected chi connectivity index (χ4v) is 75.2. The van der Waals surface area contributed by atoms with Crippen LogP contribution in [0.4, 0.5) is 0 Å². The normalized spacial score (nSPS) is 34.2. The van der Waals surface area contributed by atoms with Gasteiger partial charge < -0.3 is 87.0 Å². The lowest BCUT2D eigenvalue weighted by molar-refractivity contribution is -0.138. The SMILES string of the molecule is C=CC(=O)OCCC[Si](C)(C)O[Si]12O[Si]3(O[Si](C)(C)CCl)O[Si]4(O[Si](C)(C)CCl)O[Si]5(O[Si](C)(C)CCl)O[Si](O[Si](C)(C)CCl)(O3)O[Si](O[Si](C)(C)CCl)(O[Si](O[Si](C)(C)CCl)(O5)O[Si](O[Si](C)(C)CCl)(O4)O1)O2. The van der Waals surface area contributed by atoms with Crippen molar-refractivity contribution in [3.05, 3.63) is 12.7 Å². The van der Waals surface area contributed by atoms with Gasteiger partial charge in [-0.05, 0) is 117 Å². The third kappa shape index (κ3) is 17.8. The molecule has 6 saturated heterocycles. The molecule has 8 bridgehead atoms. The number of hydrogen-bond acceptors (Lipinski definition) is 22. The summed E-state index contributed by atoms with van der Waals surface area (Å²) in [6.07, 6.45) is 1.37. The summed E-state index contributed by atoms with van der Waals surface area (Å²) in [5.41, 5.74) is -0.438. The number of rotatable bonds is 28. The summed E-state index contributed by atoms with van der Waals surface area (Å²) in [7, 11) is -70.4. The summed E-state index contributed by atoms with van der Waals surface area (Å²) in [4.78, 5) is 12.2. The van der Waals surface area contributed by atoms with Crippen LogP contribution in [-0.4, -0.2) is 190 Å². The van der Waals surface area contributed by atoms with Crippen molar-refractivity contribution in [3.63, 3.8) is 0 Å². The van der Waals surface area contributed by atoms with Gasteiger partial charge >= 0.3 is 78.4 Å². The molecule has 6 aliphatic rings. The molecule has 0 aromatic heterocycles. The van der Waals surface area contributed by atoms with Gasteiger partial charge in [0.15, 0.2) is 66.5 Å². The second-order valence-electron chi connectivity index (χ2n) is 22.5. The standard InChI is InChI=1S/C29H71Cl7O22Si16/c1-18-29(37)38-20-19-21-59(2,3)39-67-47-68(40-60(4,5)22-30)50-71(43-63(10,11)25-33)52-69(48-67,41-61(6,7)23-31)54-73(45-65(14,15)27-35)55-70(49-67,42-62(8,9)24-32)53-72(51-68,44-64(12,13)26-34)57-74(56-71,58-73)46-66(16,17)28-36/h18H,1,19-28H2,2-17H3. The van der Waals surface area contributed by atoms with Crippen LogP contribution in [0.25, 0.3) is 0 Å². The molecule has 0 atom stereocenters. The van der Waals surface area contributed by atoms with Gasteiger partial charge in [0.05, 0.1) is 6.61 Å². The summed E-state index contributed by atoms with van der Waals surface area (Å²) in [6.45, 7) is 32.2. The van der Waals surface area contributed by atoms with Crippen LogP contribution < -0.4 is 0 Å². The zero-order valence-corrected chi connectivity index (χ0v) is 65.8. The quantitative estimate of drug-likeness (QED) is 0.0238. The highest BCUT2D eigenvalue weighted by Crippen LogP contribution is 2.53. The largest absolute Gasteiger partial charge is 0.651 e. The Hall–Kier alpha value is 3.91. The van der Waals surface area contributed by atoms with Crippen molar-refractivity contribution in [3.8, 4) is 0 Å². The van der Waals surface area contributed by atoms with E-state index in [1.165, 1.54) is 0 Å². The number of alkyl halides is 7. The molecular formula is C29H71Cl7O22Si16. The highest BCUT2D eigenvalue weighted by molar-refractivity contribution is 7.05. The van der Waals surface area contributed by atoms with E-state index in [9.17, 15) is 4.79 Å². The van der Waals surface area contributed by atoms with Crippen LogP contribution in [0.3, 0.4) is 0 Å². The van der Waals surface area contributed by atoms with E-state index in [-0.39, 0.29) is 51.2 Å². The van der Waals surface area contributed by atoms with Gasteiger partial charge in [-0.25, -0.2) is 4.79 Å². The van der Waals surface area contributed by atoms with E-state index >= 15 is 0 Å². The number of hydrogen-bond donors (Lipinski definition) is 0. The Bertz CT molecular complexity index is 1830. The third-order valence-corrected chi connectivity index (χ3v) is 79.1. The molecule has 0 aliphatic carbocycles. The van der Waals surface area contributed by atoms with Crippen LogP contribution in [-0.2, 0) is 91.8 Å². The summed E-state index contributed by atoms with van der Waals surface area (Å²) >= 11 is 47.5. The van der Waals surface area contributed by atoms with E-state index in [2.05, 4.69) is 6.58 Å². The van der Waals surface area contributed by atoms with Gasteiger partial charge in [0.1, 0.15) is 0 Å². The second-order valence-corrected chi connectivity index (χ2v) is 83.0. The fourth-order valence-electron chi connectivity index (χ4n) is 6.52. The first-order valence-electron chi connectivity index (χ1n) is 23.3. The highest BCUT2D eigenvalue weighted by atomic mass is 35.5. The van der Waals surface area contributed by atoms with E-state index in [0.717, 1.165) is 6.08 Å². The van der Waals surface area contributed by atoms with E-state index in [4.69, 9.17) is 168 Å². The van der Waals surface area contributed by atoms with Gasteiger partial charge in [-0.3, -0.25) is 0 Å². The number of carbonyl (C=O) groups excluding carboxylic acids is 1. The van der Waals surface area contributed by atoms with Crippen molar-refractivity contribution >= 4 is 226 Å². The summed E-state index contributed by atoms with van der Waals surface area (Å²) in [5.74, 6) is -0.605. The Kier molecular flexibility index (Phi) is 22.6. The number of esters is 1. The van der Waals surface area contributed by atoms with Crippen LogP contribution in [0.15, 0.2) is 12.7 Å². The Balaban J connectivity index is 2.10. The maximum Gasteiger partial charge on any atom is 0.651 e. The van der Waals surface area contributed by atoms with Crippen LogP contribution in [0.1, 0.15) is 6.42 Å². The lowest BCUT2D eigenvalue weighted by Crippen LogP contribution is -2.93. The number of carbonyl (C=O) groups is 1. The minimum Gasteiger partial charge on any atom is -0.463 e. The topological polar surface area (TPSA) is 211 Å². The van der Waals surface area contributed by atoms with Crippen molar-refractivity contribution in [2.24, 2.45) is 0 Å². The maximum absolute atomic E-state index is 12.2. The van der Waals surface area contributed by atoms with Crippen LogP contribution >= 0.6 is 81.2 Å². The molecule has 0 spiro atoms. The minimum absolute atomic E-state index is 0.00455. The Morgan fingerprint density at radius 1 is 0.351 bits per heavy atom. The zero-order valence-electron chi connectivity index (χ0n) is 44.5. The number of halogens is 7. The molecule has 45 heteroatoms. The smallest absolute Gasteiger partial charge is 0.463 e. The van der Waals surface area contributed by atoms with Crippen molar-refractivity contribution < 1.29 is 91.8 Å². The molecule has 6 rings (SSSR count). The first-order chi connectivity index (χ1) is 33.5. The molecule has 74 heavy (non-hydrogen) atoms. The predicted molar refractivity (Wildman–Crippen MR) is 313 cm³/mol. The highest BCUT2D eigenvalue weighted by Gasteiger charge is 2.92. The second kappa shape index (κ2) is 24.3. The molecule has 0 amide bonds. The first-order valence-corrected chi connectivity index (χ1v) is 65.0. The summed E-state index contributed by atoms with van der Waals surface area (Å²) < 4.78 is 152. The molecule has 0 saturated carbocycles. The van der Waals surface area contributed by atoms with E-state index in [1.54, 1.807) is 91.7 Å². The molecule has 0 radical (unpaired) electrons. The lowest BCUT2D eigenvalue weighted by atomic mass is 10.5.